The molecule has 1 aliphatic rings. The molecule has 0 unspecified atom stereocenters. The Morgan fingerprint density at radius 3 is 2.86 bits per heavy atom. The standard InChI is InChI=1S/C11H15N5O5/c1-15-3-16(8-5(15)9(20)14-11(12)13-8)10-7(19)6(18)4(2-17)21-10/h3-4,6-7,10,17-19H,2H2,1H3,(H2-,12,13,14,20)/p+1/t4-,6-,7+,10+/m0/s1. The molecule has 4 atom stereocenters. The summed E-state index contributed by atoms with van der Waals surface area (Å²) in [5.41, 5.74) is 5.58. The SMILES string of the molecule is Cn1c[n+]([C@@H]2O[C@@H](CO)[C@H](O)[C@H]2O)c2nc(N)[nH]c(=O)c21. The molecule has 1 saturated heterocycles. The van der Waals surface area contributed by atoms with Crippen LogP contribution < -0.4 is 15.9 Å². The van der Waals surface area contributed by atoms with Crippen LogP contribution in [0.25, 0.3) is 11.2 Å². The van der Waals surface area contributed by atoms with E-state index in [-0.39, 0.29) is 17.1 Å². The van der Waals surface area contributed by atoms with Crippen molar-refractivity contribution in [3.05, 3.63) is 16.7 Å². The van der Waals surface area contributed by atoms with E-state index in [9.17, 15) is 15.0 Å². The molecule has 0 radical (unpaired) electrons. The fourth-order valence-corrected chi connectivity index (χ4v) is 2.57. The first-order valence-electron chi connectivity index (χ1n) is 6.32. The number of fused-ring (bicyclic) bond motifs is 1. The van der Waals surface area contributed by atoms with Gasteiger partial charge in [-0.2, -0.15) is 0 Å². The van der Waals surface area contributed by atoms with Gasteiger partial charge in [0.1, 0.15) is 18.3 Å². The van der Waals surface area contributed by atoms with E-state index in [2.05, 4.69) is 9.97 Å². The third-order valence-electron chi connectivity index (χ3n) is 3.58. The lowest BCUT2D eigenvalue weighted by Gasteiger charge is -2.11. The fraction of sp³-hybridized carbons (Fsp3) is 0.545. The summed E-state index contributed by atoms with van der Waals surface area (Å²) in [7, 11) is 1.63. The first-order chi connectivity index (χ1) is 9.93. The number of hydrogen-bond acceptors (Lipinski definition) is 7. The average Bonchev–Trinajstić information content (AvgIpc) is 2.89. The van der Waals surface area contributed by atoms with Gasteiger partial charge in [-0.25, -0.2) is 4.57 Å². The number of anilines is 1. The quantitative estimate of drug-likeness (QED) is 0.365. The number of rotatable bonds is 2. The minimum absolute atomic E-state index is 0.0702. The number of aliphatic hydroxyl groups excluding tert-OH is 3. The maximum atomic E-state index is 11.9. The summed E-state index contributed by atoms with van der Waals surface area (Å²) in [6.07, 6.45) is -2.88. The van der Waals surface area contributed by atoms with E-state index in [1.165, 1.54) is 15.5 Å². The zero-order valence-corrected chi connectivity index (χ0v) is 11.2. The van der Waals surface area contributed by atoms with Gasteiger partial charge in [-0.1, -0.05) is 4.98 Å². The van der Waals surface area contributed by atoms with Gasteiger partial charge in [0.2, 0.25) is 11.7 Å². The van der Waals surface area contributed by atoms with Crippen LogP contribution in [0.4, 0.5) is 5.95 Å². The molecule has 0 bridgehead atoms. The minimum Gasteiger partial charge on any atom is -0.394 e. The van der Waals surface area contributed by atoms with Crippen molar-refractivity contribution >= 4 is 17.1 Å². The third kappa shape index (κ3) is 2.00. The highest BCUT2D eigenvalue weighted by Crippen LogP contribution is 2.26. The van der Waals surface area contributed by atoms with Crippen molar-refractivity contribution in [2.75, 3.05) is 12.3 Å². The van der Waals surface area contributed by atoms with Crippen molar-refractivity contribution in [1.29, 1.82) is 0 Å². The molecular formula is C11H16N5O5+. The molecule has 0 spiro atoms. The van der Waals surface area contributed by atoms with Crippen molar-refractivity contribution in [3.8, 4) is 0 Å². The predicted molar refractivity (Wildman–Crippen MR) is 69.0 cm³/mol. The first-order valence-corrected chi connectivity index (χ1v) is 6.32. The second kappa shape index (κ2) is 4.77. The number of H-pyrrole nitrogens is 1. The van der Waals surface area contributed by atoms with E-state index in [1.807, 2.05) is 0 Å². The van der Waals surface area contributed by atoms with Gasteiger partial charge in [0.25, 0.3) is 11.5 Å². The summed E-state index contributed by atoms with van der Waals surface area (Å²) in [6, 6.07) is 0. The van der Waals surface area contributed by atoms with Crippen LogP contribution in [0.3, 0.4) is 0 Å². The molecule has 2 aromatic rings. The number of imidazole rings is 1. The maximum absolute atomic E-state index is 11.9. The molecule has 10 nitrogen and oxygen atoms in total. The number of nitrogen functional groups attached to an aromatic ring is 1. The van der Waals surface area contributed by atoms with Crippen molar-refractivity contribution in [2.24, 2.45) is 7.05 Å². The molecule has 1 fully saturated rings. The molecule has 0 amide bonds. The zero-order chi connectivity index (χ0) is 15.3. The van der Waals surface area contributed by atoms with Gasteiger partial charge < -0.3 is 25.8 Å². The van der Waals surface area contributed by atoms with E-state index in [4.69, 9.17) is 15.6 Å². The Labute approximate surface area is 118 Å². The lowest BCUT2D eigenvalue weighted by Crippen LogP contribution is -2.46. The molecule has 0 aliphatic carbocycles. The van der Waals surface area contributed by atoms with Gasteiger partial charge in [0, 0.05) is 0 Å². The summed E-state index contributed by atoms with van der Waals surface area (Å²) in [5.74, 6) is -0.0702. The van der Waals surface area contributed by atoms with E-state index < -0.39 is 36.7 Å². The summed E-state index contributed by atoms with van der Waals surface area (Å²) in [4.78, 5) is 18.3. The molecule has 3 rings (SSSR count). The van der Waals surface area contributed by atoms with E-state index in [1.54, 1.807) is 7.05 Å². The Bertz CT molecular complexity index is 740. The second-order valence-electron chi connectivity index (χ2n) is 4.99. The largest absolute Gasteiger partial charge is 0.394 e. The minimum atomic E-state index is -1.26. The molecule has 0 saturated carbocycles. The second-order valence-corrected chi connectivity index (χ2v) is 4.99. The maximum Gasteiger partial charge on any atom is 0.313 e. The molecule has 0 aromatic carbocycles. The number of aliphatic hydroxyl groups is 3. The van der Waals surface area contributed by atoms with Gasteiger partial charge >= 0.3 is 5.65 Å². The Morgan fingerprint density at radius 1 is 1.52 bits per heavy atom. The topological polar surface area (TPSA) is 150 Å². The van der Waals surface area contributed by atoms with Gasteiger partial charge in [-0.15, -0.1) is 0 Å². The normalized spacial score (nSPS) is 29.3. The van der Waals surface area contributed by atoms with Crippen molar-refractivity contribution < 1.29 is 24.6 Å². The number of hydrogen-bond donors (Lipinski definition) is 5. The highest BCUT2D eigenvalue weighted by molar-refractivity contribution is 5.67. The van der Waals surface area contributed by atoms with Crippen LogP contribution in [0.5, 0.6) is 0 Å². The lowest BCUT2D eigenvalue weighted by molar-refractivity contribution is -0.745. The van der Waals surface area contributed by atoms with E-state index in [0.29, 0.717) is 0 Å². The van der Waals surface area contributed by atoms with Gasteiger partial charge in [-0.05, 0) is 0 Å². The smallest absolute Gasteiger partial charge is 0.313 e. The number of nitrogens with one attached hydrogen (secondary N) is 1. The van der Waals surface area contributed by atoms with Crippen LogP contribution in [-0.2, 0) is 11.8 Å². The summed E-state index contributed by atoms with van der Waals surface area (Å²) >= 11 is 0. The Kier molecular flexibility index (Phi) is 3.17. The molecule has 10 heteroatoms. The molecule has 3 heterocycles. The number of ether oxygens (including phenoxy) is 1. The van der Waals surface area contributed by atoms with Crippen molar-refractivity contribution in [3.63, 3.8) is 0 Å². The number of nitrogens with zero attached hydrogens (tertiary/aromatic N) is 3. The lowest BCUT2D eigenvalue weighted by atomic mass is 10.1. The number of aryl methyl sites for hydroxylation is 1. The Morgan fingerprint density at radius 2 is 2.24 bits per heavy atom. The summed E-state index contributed by atoms with van der Waals surface area (Å²) < 4.78 is 8.35. The van der Waals surface area contributed by atoms with Crippen LogP contribution in [0.2, 0.25) is 0 Å². The van der Waals surface area contributed by atoms with Crippen LogP contribution in [0, 0.1) is 0 Å². The van der Waals surface area contributed by atoms with Gasteiger partial charge in [0.15, 0.2) is 6.33 Å². The molecule has 2 aromatic heterocycles. The first kappa shape index (κ1) is 13.9. The Hall–Kier alpha value is -2.01. The molecule has 6 N–H and O–H groups in total. The number of aromatic amines is 1. The monoisotopic (exact) mass is 298 g/mol. The fourth-order valence-electron chi connectivity index (χ4n) is 2.57. The zero-order valence-electron chi connectivity index (χ0n) is 11.2. The summed E-state index contributed by atoms with van der Waals surface area (Å²) in [5, 5.41) is 29.0. The molecule has 1 aliphatic heterocycles. The van der Waals surface area contributed by atoms with Crippen LogP contribution in [-0.4, -0.2) is 54.8 Å². The summed E-state index contributed by atoms with van der Waals surface area (Å²) in [6.45, 7) is -0.434. The van der Waals surface area contributed by atoms with Crippen LogP contribution in [0.15, 0.2) is 11.1 Å². The van der Waals surface area contributed by atoms with Gasteiger partial charge in [0.05, 0.1) is 13.7 Å². The van der Waals surface area contributed by atoms with Crippen LogP contribution in [0.1, 0.15) is 6.23 Å². The van der Waals surface area contributed by atoms with Crippen molar-refractivity contribution in [1.82, 2.24) is 14.5 Å². The van der Waals surface area contributed by atoms with E-state index >= 15 is 0 Å². The van der Waals surface area contributed by atoms with Gasteiger partial charge in [-0.3, -0.25) is 14.3 Å². The molecule has 21 heavy (non-hydrogen) atoms. The number of nitrogens with two attached hydrogens (primary N) is 1. The molecular weight excluding hydrogens is 282 g/mol. The molecule has 114 valence electrons. The predicted octanol–water partition coefficient (Wildman–Crippen LogP) is -3.26. The van der Waals surface area contributed by atoms with Crippen LogP contribution >= 0.6 is 0 Å². The average molecular weight is 298 g/mol. The Balaban J connectivity index is 2.16. The van der Waals surface area contributed by atoms with Crippen molar-refractivity contribution in [2.45, 2.75) is 24.5 Å². The van der Waals surface area contributed by atoms with E-state index in [0.717, 1.165) is 0 Å². The highest BCUT2D eigenvalue weighted by atomic mass is 16.6. The number of aromatic nitrogens is 4. The highest BCUT2D eigenvalue weighted by Gasteiger charge is 2.46. The third-order valence-corrected chi connectivity index (χ3v) is 3.58.